The molecule has 0 aliphatic carbocycles. The molecule has 30 heavy (non-hydrogen) atoms. The van der Waals surface area contributed by atoms with E-state index in [1.807, 2.05) is 60.7 Å². The van der Waals surface area contributed by atoms with Crippen molar-refractivity contribution in [1.29, 1.82) is 0 Å². The largest absolute Gasteiger partial charge is 0.494 e. The highest BCUT2D eigenvalue weighted by atomic mass is 32.1. The summed E-state index contributed by atoms with van der Waals surface area (Å²) in [6, 6.07) is 11.9. The van der Waals surface area contributed by atoms with E-state index in [2.05, 4.69) is 20.9 Å². The number of thiazole rings is 1. The van der Waals surface area contributed by atoms with Gasteiger partial charge in [-0.1, -0.05) is 12.1 Å². The van der Waals surface area contributed by atoms with Crippen LogP contribution in [0.5, 0.6) is 5.75 Å². The molecular weight excluding hydrogens is 396 g/mol. The molecule has 156 valence electrons. The molecule has 3 heterocycles. The molecule has 1 aliphatic heterocycles. The number of carbonyl (C=O) groups excluding carboxylic acids is 1. The van der Waals surface area contributed by atoms with Crippen LogP contribution in [0.25, 0.3) is 10.6 Å². The molecule has 1 amide bonds. The lowest BCUT2D eigenvalue weighted by Crippen LogP contribution is -2.49. The molecule has 0 saturated carbocycles. The van der Waals surface area contributed by atoms with Crippen LogP contribution < -0.4 is 9.64 Å². The summed E-state index contributed by atoms with van der Waals surface area (Å²) < 4.78 is 5.46. The number of nitrogens with zero attached hydrogens (tertiary/aromatic N) is 4. The minimum absolute atomic E-state index is 0.168. The molecule has 1 fully saturated rings. The zero-order valence-electron chi connectivity index (χ0n) is 17.4. The van der Waals surface area contributed by atoms with Crippen LogP contribution in [0.15, 0.2) is 48.0 Å². The van der Waals surface area contributed by atoms with Gasteiger partial charge < -0.3 is 14.5 Å². The third-order valence-electron chi connectivity index (χ3n) is 5.16. The van der Waals surface area contributed by atoms with Crippen LogP contribution in [0.3, 0.4) is 0 Å². The molecule has 0 N–H and O–H groups in total. The second kappa shape index (κ2) is 9.26. The number of aromatic nitrogens is 2. The number of pyridine rings is 1. The lowest BCUT2D eigenvalue weighted by molar-refractivity contribution is -0.130. The lowest BCUT2D eigenvalue weighted by atomic mass is 10.1. The predicted molar refractivity (Wildman–Crippen MR) is 120 cm³/mol. The van der Waals surface area contributed by atoms with Gasteiger partial charge in [-0.25, -0.2) is 9.97 Å². The molecule has 0 radical (unpaired) electrons. The Morgan fingerprint density at radius 3 is 2.47 bits per heavy atom. The molecule has 7 heteroatoms. The number of benzene rings is 1. The van der Waals surface area contributed by atoms with E-state index in [9.17, 15) is 4.79 Å². The zero-order valence-corrected chi connectivity index (χ0v) is 18.2. The van der Waals surface area contributed by atoms with Crippen molar-refractivity contribution < 1.29 is 9.53 Å². The monoisotopic (exact) mass is 422 g/mol. The van der Waals surface area contributed by atoms with Crippen LogP contribution in [0.1, 0.15) is 18.2 Å². The van der Waals surface area contributed by atoms with E-state index in [4.69, 9.17) is 4.74 Å². The maximum Gasteiger partial charge on any atom is 0.227 e. The van der Waals surface area contributed by atoms with Crippen LogP contribution in [-0.2, 0) is 11.2 Å². The summed E-state index contributed by atoms with van der Waals surface area (Å²) in [5.74, 6) is 1.96. The van der Waals surface area contributed by atoms with Gasteiger partial charge in [-0.2, -0.15) is 0 Å². The van der Waals surface area contributed by atoms with Crippen molar-refractivity contribution in [2.75, 3.05) is 37.7 Å². The van der Waals surface area contributed by atoms with Crippen molar-refractivity contribution in [3.8, 4) is 16.3 Å². The Morgan fingerprint density at radius 1 is 1.10 bits per heavy atom. The summed E-state index contributed by atoms with van der Waals surface area (Å²) in [6.45, 7) is 7.61. The topological polar surface area (TPSA) is 58.6 Å². The molecule has 6 nitrogen and oxygen atoms in total. The number of carbonyl (C=O) groups is 1. The van der Waals surface area contributed by atoms with E-state index < -0.39 is 0 Å². The van der Waals surface area contributed by atoms with Crippen LogP contribution in [0.4, 0.5) is 5.82 Å². The van der Waals surface area contributed by atoms with Gasteiger partial charge in [-0.15, -0.1) is 11.3 Å². The summed E-state index contributed by atoms with van der Waals surface area (Å²) in [7, 11) is 0. The first-order valence-electron chi connectivity index (χ1n) is 10.3. The molecule has 0 atom stereocenters. The van der Waals surface area contributed by atoms with E-state index in [0.29, 0.717) is 26.1 Å². The van der Waals surface area contributed by atoms with E-state index in [0.717, 1.165) is 46.5 Å². The van der Waals surface area contributed by atoms with E-state index in [-0.39, 0.29) is 5.91 Å². The van der Waals surface area contributed by atoms with Crippen molar-refractivity contribution in [3.63, 3.8) is 0 Å². The summed E-state index contributed by atoms with van der Waals surface area (Å²) in [6.07, 6.45) is 2.31. The molecule has 1 saturated heterocycles. The highest BCUT2D eigenvalue weighted by Crippen LogP contribution is 2.25. The van der Waals surface area contributed by atoms with Gasteiger partial charge >= 0.3 is 0 Å². The number of aryl methyl sites for hydroxylation is 1. The molecular formula is C23H26N4O2S. The molecule has 3 aromatic rings. The normalized spacial score (nSPS) is 14.1. The number of hydrogen-bond acceptors (Lipinski definition) is 6. The summed E-state index contributed by atoms with van der Waals surface area (Å²) in [5.41, 5.74) is 3.09. The van der Waals surface area contributed by atoms with Crippen molar-refractivity contribution >= 4 is 23.1 Å². The van der Waals surface area contributed by atoms with E-state index in [1.54, 1.807) is 11.3 Å². The van der Waals surface area contributed by atoms with E-state index in [1.165, 1.54) is 0 Å². The Bertz CT molecular complexity index is 977. The Labute approximate surface area is 181 Å². The number of hydrogen-bond donors (Lipinski definition) is 0. The minimum Gasteiger partial charge on any atom is -0.494 e. The molecule has 2 aromatic heterocycles. The average Bonchev–Trinajstić information content (AvgIpc) is 3.22. The van der Waals surface area contributed by atoms with Crippen LogP contribution >= 0.6 is 11.3 Å². The second-order valence-electron chi connectivity index (χ2n) is 7.32. The highest BCUT2D eigenvalue weighted by Gasteiger charge is 2.22. The Hall–Kier alpha value is -2.93. The lowest BCUT2D eigenvalue weighted by Gasteiger charge is -2.35. The maximum absolute atomic E-state index is 12.7. The third-order valence-corrected chi connectivity index (χ3v) is 6.17. The first-order chi connectivity index (χ1) is 14.6. The average molecular weight is 423 g/mol. The highest BCUT2D eigenvalue weighted by molar-refractivity contribution is 7.13. The van der Waals surface area contributed by atoms with Crippen LogP contribution in [0, 0.1) is 6.92 Å². The molecule has 4 rings (SSSR count). The van der Waals surface area contributed by atoms with Gasteiger partial charge in [0, 0.05) is 49.0 Å². The number of amides is 1. The fourth-order valence-electron chi connectivity index (χ4n) is 3.53. The van der Waals surface area contributed by atoms with Crippen molar-refractivity contribution in [1.82, 2.24) is 14.9 Å². The van der Waals surface area contributed by atoms with Crippen molar-refractivity contribution in [3.05, 3.63) is 59.2 Å². The summed E-state index contributed by atoms with van der Waals surface area (Å²) in [4.78, 5) is 26.0. The smallest absolute Gasteiger partial charge is 0.227 e. The number of anilines is 1. The van der Waals surface area contributed by atoms with Gasteiger partial charge in [0.15, 0.2) is 0 Å². The van der Waals surface area contributed by atoms with E-state index >= 15 is 0 Å². The Morgan fingerprint density at radius 2 is 1.87 bits per heavy atom. The second-order valence-corrected chi connectivity index (χ2v) is 8.18. The summed E-state index contributed by atoms with van der Waals surface area (Å²) >= 11 is 1.64. The number of rotatable bonds is 6. The molecule has 1 aromatic carbocycles. The fraction of sp³-hybridized carbons (Fsp3) is 0.348. The Balaban J connectivity index is 1.30. The molecule has 0 unspecified atom stereocenters. The minimum atomic E-state index is 0.168. The van der Waals surface area contributed by atoms with Gasteiger partial charge in [-0.05, 0) is 43.7 Å². The van der Waals surface area contributed by atoms with Gasteiger partial charge in [0.1, 0.15) is 16.6 Å². The Kier molecular flexibility index (Phi) is 6.28. The first kappa shape index (κ1) is 20.3. The van der Waals surface area contributed by atoms with Gasteiger partial charge in [0.2, 0.25) is 5.91 Å². The predicted octanol–water partition coefficient (Wildman–Crippen LogP) is 3.80. The SMILES string of the molecule is CCOc1ccc(CC(=O)N2CCN(c3ccc(-c4nc(C)cs4)cn3)CC2)cc1. The standard InChI is InChI=1S/C23H26N4O2S/c1-3-29-20-7-4-18(5-8-20)14-22(28)27-12-10-26(11-13-27)21-9-6-19(15-24-21)23-25-17(2)16-30-23/h4-9,15-16H,3,10-14H2,1-2H3. The quantitative estimate of drug-likeness (QED) is 0.605. The van der Waals surface area contributed by atoms with Crippen LogP contribution in [-0.4, -0.2) is 53.6 Å². The van der Waals surface area contributed by atoms with Crippen molar-refractivity contribution in [2.24, 2.45) is 0 Å². The molecule has 0 spiro atoms. The summed E-state index contributed by atoms with van der Waals surface area (Å²) in [5, 5.41) is 3.04. The van der Waals surface area contributed by atoms with Gasteiger partial charge in [-0.3, -0.25) is 4.79 Å². The van der Waals surface area contributed by atoms with Gasteiger partial charge in [0.05, 0.1) is 13.0 Å². The number of ether oxygens (including phenoxy) is 1. The van der Waals surface area contributed by atoms with Gasteiger partial charge in [0.25, 0.3) is 0 Å². The molecule has 1 aliphatic rings. The maximum atomic E-state index is 12.7. The number of piperazine rings is 1. The zero-order chi connectivity index (χ0) is 20.9. The fourth-order valence-corrected chi connectivity index (χ4v) is 4.32. The molecule has 0 bridgehead atoms. The third kappa shape index (κ3) is 4.79. The first-order valence-corrected chi connectivity index (χ1v) is 11.1. The van der Waals surface area contributed by atoms with Crippen LogP contribution in [0.2, 0.25) is 0 Å². The van der Waals surface area contributed by atoms with Crippen molar-refractivity contribution in [2.45, 2.75) is 20.3 Å².